The number of phenols is 1. The first kappa shape index (κ1) is 21.7. The molecule has 0 radical (unpaired) electrons. The number of benzene rings is 2. The molecule has 2 aromatic carbocycles. The van der Waals surface area contributed by atoms with E-state index in [1.807, 2.05) is 0 Å². The highest BCUT2D eigenvalue weighted by atomic mass is 19.1. The second-order valence-electron chi connectivity index (χ2n) is 6.91. The van der Waals surface area contributed by atoms with Crippen molar-refractivity contribution >= 4 is 28.7 Å². The van der Waals surface area contributed by atoms with E-state index in [9.17, 15) is 29.0 Å². The van der Waals surface area contributed by atoms with Crippen LogP contribution in [0, 0.1) is 5.82 Å². The Morgan fingerprint density at radius 3 is 2.32 bits per heavy atom. The van der Waals surface area contributed by atoms with E-state index in [0.717, 1.165) is 11.6 Å². The molecule has 3 rings (SSSR count). The van der Waals surface area contributed by atoms with E-state index in [4.69, 9.17) is 0 Å². The second kappa shape index (κ2) is 9.21. The molecule has 0 atom stereocenters. The maximum absolute atomic E-state index is 13.1. The summed E-state index contributed by atoms with van der Waals surface area (Å²) in [5.41, 5.74) is 1.07. The van der Waals surface area contributed by atoms with Gasteiger partial charge in [-0.2, -0.15) is 0 Å². The van der Waals surface area contributed by atoms with E-state index in [0.29, 0.717) is 12.0 Å². The summed E-state index contributed by atoms with van der Waals surface area (Å²) in [5, 5.41) is 25.2. The van der Waals surface area contributed by atoms with Crippen molar-refractivity contribution in [1.82, 2.24) is 15.6 Å². The van der Waals surface area contributed by atoms with Crippen LogP contribution < -0.4 is 10.6 Å². The molecule has 0 fully saturated rings. The van der Waals surface area contributed by atoms with Gasteiger partial charge in [0.25, 0.3) is 5.91 Å². The first-order valence-corrected chi connectivity index (χ1v) is 9.41. The van der Waals surface area contributed by atoms with Crippen LogP contribution >= 0.6 is 0 Å². The van der Waals surface area contributed by atoms with Crippen molar-refractivity contribution in [3.05, 3.63) is 70.7 Å². The van der Waals surface area contributed by atoms with E-state index in [-0.39, 0.29) is 41.3 Å². The van der Waals surface area contributed by atoms with Gasteiger partial charge in [-0.1, -0.05) is 12.1 Å². The minimum atomic E-state index is -1.40. The Bertz CT molecular complexity index is 1160. The smallest absolute Gasteiger partial charge is 0.339 e. The Morgan fingerprint density at radius 2 is 1.68 bits per heavy atom. The number of aromatic hydroxyl groups is 1. The fourth-order valence-electron chi connectivity index (χ4n) is 3.12. The number of nitrogens with one attached hydrogen (secondary N) is 2. The number of carboxylic acids is 1. The summed E-state index contributed by atoms with van der Waals surface area (Å²) in [4.78, 5) is 39.4. The number of rotatable bonds is 7. The zero-order chi connectivity index (χ0) is 22.5. The lowest BCUT2D eigenvalue weighted by molar-refractivity contribution is -0.118. The summed E-state index contributed by atoms with van der Waals surface area (Å²) in [7, 11) is 0. The van der Waals surface area contributed by atoms with E-state index >= 15 is 0 Å². The van der Waals surface area contributed by atoms with Crippen LogP contribution in [-0.2, 0) is 11.2 Å². The van der Waals surface area contributed by atoms with Crippen molar-refractivity contribution in [2.75, 3.05) is 13.1 Å². The molecule has 0 bridgehead atoms. The third-order valence-electron chi connectivity index (χ3n) is 4.58. The zero-order valence-electron chi connectivity index (χ0n) is 16.6. The van der Waals surface area contributed by atoms with Crippen LogP contribution in [0.15, 0.2) is 42.6 Å². The fraction of sp³-hybridized carbons (Fsp3) is 0.182. The monoisotopic (exact) mass is 425 g/mol. The number of pyridine rings is 1. The van der Waals surface area contributed by atoms with Crippen molar-refractivity contribution in [3.63, 3.8) is 0 Å². The van der Waals surface area contributed by atoms with Gasteiger partial charge in [-0.3, -0.25) is 14.6 Å². The van der Waals surface area contributed by atoms with Gasteiger partial charge in [-0.25, -0.2) is 9.18 Å². The molecule has 8 nitrogen and oxygen atoms in total. The van der Waals surface area contributed by atoms with Gasteiger partial charge in [-0.15, -0.1) is 0 Å². The molecule has 4 N–H and O–H groups in total. The van der Waals surface area contributed by atoms with Gasteiger partial charge in [0.1, 0.15) is 16.9 Å². The molecule has 1 aromatic heterocycles. The van der Waals surface area contributed by atoms with Crippen LogP contribution in [0.2, 0.25) is 0 Å². The lowest BCUT2D eigenvalue weighted by atomic mass is 9.99. The van der Waals surface area contributed by atoms with Crippen LogP contribution in [0.25, 0.3) is 10.9 Å². The van der Waals surface area contributed by atoms with Crippen molar-refractivity contribution in [1.29, 1.82) is 0 Å². The summed E-state index contributed by atoms with van der Waals surface area (Å²) >= 11 is 0. The summed E-state index contributed by atoms with van der Waals surface area (Å²) in [6, 6.07) is 8.66. The molecule has 31 heavy (non-hydrogen) atoms. The van der Waals surface area contributed by atoms with E-state index in [1.54, 1.807) is 18.2 Å². The van der Waals surface area contributed by atoms with Crippen molar-refractivity contribution in [2.24, 2.45) is 0 Å². The number of nitrogens with zero attached hydrogens (tertiary/aromatic N) is 1. The molecule has 0 spiro atoms. The minimum absolute atomic E-state index is 0.0187. The number of amides is 2. The Labute approximate surface area is 176 Å². The van der Waals surface area contributed by atoms with Crippen molar-refractivity contribution < 1.29 is 29.0 Å². The molecule has 3 aromatic rings. The summed E-state index contributed by atoms with van der Waals surface area (Å²) < 4.78 is 13.1. The highest BCUT2D eigenvalue weighted by Crippen LogP contribution is 2.31. The number of aromatic carboxylic acids is 1. The maximum Gasteiger partial charge on any atom is 0.339 e. The number of fused-ring (bicyclic) bond motifs is 1. The van der Waals surface area contributed by atoms with Crippen LogP contribution in [0.5, 0.6) is 5.75 Å². The number of carboxylic acid groups (broad SMARTS) is 1. The molecular weight excluding hydrogens is 405 g/mol. The number of carbonyl (C=O) groups is 3. The van der Waals surface area contributed by atoms with Crippen molar-refractivity contribution in [3.8, 4) is 5.75 Å². The topological polar surface area (TPSA) is 129 Å². The molecule has 0 aliphatic rings. The summed E-state index contributed by atoms with van der Waals surface area (Å²) in [5.74, 6) is -3.11. The Balaban J connectivity index is 1.99. The standard InChI is InChI=1S/C22H20FN3O5/c1-12(27)24-6-7-25-21(29)17-10-18(22(30)31)20(28)19-16(17)9-14(11-26-19)8-13-2-4-15(23)5-3-13/h2-5,9-11,28H,6-8H2,1H3,(H,24,27)(H,25,29)(H,30,31). The number of aromatic nitrogens is 1. The van der Waals surface area contributed by atoms with Gasteiger partial charge in [0.05, 0.1) is 0 Å². The van der Waals surface area contributed by atoms with Crippen molar-refractivity contribution in [2.45, 2.75) is 13.3 Å². The Hall–Kier alpha value is -4.01. The van der Waals surface area contributed by atoms with Crippen LogP contribution in [-0.4, -0.2) is 46.1 Å². The first-order valence-electron chi connectivity index (χ1n) is 9.41. The first-order chi connectivity index (χ1) is 14.8. The van der Waals surface area contributed by atoms with Gasteiger partial charge in [-0.05, 0) is 41.8 Å². The number of carbonyl (C=O) groups excluding carboxylic acids is 2. The molecule has 0 aliphatic carbocycles. The average molecular weight is 425 g/mol. The van der Waals surface area contributed by atoms with E-state index in [1.165, 1.54) is 25.3 Å². The van der Waals surface area contributed by atoms with Crippen LogP contribution in [0.1, 0.15) is 38.8 Å². The predicted octanol–water partition coefficient (Wildman–Crippen LogP) is 2.23. The largest absolute Gasteiger partial charge is 0.505 e. The average Bonchev–Trinajstić information content (AvgIpc) is 2.72. The van der Waals surface area contributed by atoms with Gasteiger partial charge in [0.2, 0.25) is 5.91 Å². The summed E-state index contributed by atoms with van der Waals surface area (Å²) in [6.45, 7) is 1.69. The van der Waals surface area contributed by atoms with Gasteiger partial charge in [0.15, 0.2) is 5.75 Å². The molecule has 0 aliphatic heterocycles. The van der Waals surface area contributed by atoms with Gasteiger partial charge in [0, 0.05) is 37.2 Å². The predicted molar refractivity (Wildman–Crippen MR) is 111 cm³/mol. The zero-order valence-corrected chi connectivity index (χ0v) is 16.6. The molecule has 0 saturated carbocycles. The highest BCUT2D eigenvalue weighted by molar-refractivity contribution is 6.11. The SMILES string of the molecule is CC(=O)NCCNC(=O)c1cc(C(=O)O)c(O)c2ncc(Cc3ccc(F)cc3)cc12. The Kier molecular flexibility index (Phi) is 6.44. The highest BCUT2D eigenvalue weighted by Gasteiger charge is 2.21. The van der Waals surface area contributed by atoms with Crippen LogP contribution in [0.3, 0.4) is 0 Å². The molecule has 9 heteroatoms. The second-order valence-corrected chi connectivity index (χ2v) is 6.91. The number of hydrogen-bond donors (Lipinski definition) is 4. The van der Waals surface area contributed by atoms with E-state index < -0.39 is 23.2 Å². The van der Waals surface area contributed by atoms with Crippen LogP contribution in [0.4, 0.5) is 4.39 Å². The lowest BCUT2D eigenvalue weighted by Gasteiger charge is -2.12. The maximum atomic E-state index is 13.1. The third kappa shape index (κ3) is 5.13. The Morgan fingerprint density at radius 1 is 1.00 bits per heavy atom. The summed E-state index contributed by atoms with van der Waals surface area (Å²) in [6.07, 6.45) is 1.86. The normalized spacial score (nSPS) is 10.6. The number of hydrogen-bond acceptors (Lipinski definition) is 5. The molecule has 0 unspecified atom stereocenters. The third-order valence-corrected chi connectivity index (χ3v) is 4.58. The minimum Gasteiger partial charge on any atom is -0.505 e. The fourth-order valence-corrected chi connectivity index (χ4v) is 3.12. The van der Waals surface area contributed by atoms with Gasteiger partial charge >= 0.3 is 5.97 Å². The van der Waals surface area contributed by atoms with Gasteiger partial charge < -0.3 is 20.8 Å². The number of halogens is 1. The molecule has 160 valence electrons. The van der Waals surface area contributed by atoms with E-state index in [2.05, 4.69) is 15.6 Å². The quantitative estimate of drug-likeness (QED) is 0.430. The molecule has 0 saturated heterocycles. The molecular formula is C22H20FN3O5. The lowest BCUT2D eigenvalue weighted by Crippen LogP contribution is -2.33. The molecule has 1 heterocycles. The molecule has 2 amide bonds.